The van der Waals surface area contributed by atoms with E-state index in [2.05, 4.69) is 9.98 Å². The number of pyridine rings is 1. The fourth-order valence-electron chi connectivity index (χ4n) is 1.58. The summed E-state index contributed by atoms with van der Waals surface area (Å²) in [5.74, 6) is -2.21. The second-order valence-corrected chi connectivity index (χ2v) is 5.31. The van der Waals surface area contributed by atoms with Crippen LogP contribution in [0.3, 0.4) is 0 Å². The largest absolute Gasteiger partial charge is 0.506 e. The molecular weight excluding hydrogens is 334 g/mol. The molecule has 5 nitrogen and oxygen atoms in total. The molecule has 0 spiro atoms. The van der Waals surface area contributed by atoms with Gasteiger partial charge in [0.1, 0.15) is 16.5 Å². The Morgan fingerprint density at radius 2 is 2.23 bits per heavy atom. The maximum absolute atomic E-state index is 13.5. The topological polar surface area (TPSA) is 71.8 Å². The highest BCUT2D eigenvalue weighted by atomic mass is 35.5. The average Bonchev–Trinajstić information content (AvgIpc) is 3.27. The molecule has 2 rings (SSSR count). The van der Waals surface area contributed by atoms with Crippen LogP contribution in [0.25, 0.3) is 5.76 Å². The number of carbonyl (C=O) groups is 1. The van der Waals surface area contributed by atoms with Crippen LogP contribution in [0.2, 0.25) is 10.3 Å². The number of esters is 1. The third kappa shape index (κ3) is 3.96. The summed E-state index contributed by atoms with van der Waals surface area (Å²) in [5, 5.41) is 9.60. The van der Waals surface area contributed by atoms with Gasteiger partial charge in [-0.25, -0.2) is 14.2 Å². The lowest BCUT2D eigenvalue weighted by atomic mass is 10.1. The summed E-state index contributed by atoms with van der Waals surface area (Å²) in [5.41, 5.74) is -0.368. The Morgan fingerprint density at radius 3 is 2.82 bits per heavy atom. The van der Waals surface area contributed by atoms with E-state index in [1.54, 1.807) is 6.92 Å². The molecule has 1 saturated carbocycles. The van der Waals surface area contributed by atoms with Crippen molar-refractivity contribution in [2.45, 2.75) is 25.8 Å². The molecule has 0 bridgehead atoms. The molecule has 22 heavy (non-hydrogen) atoms. The van der Waals surface area contributed by atoms with Crippen molar-refractivity contribution in [1.29, 1.82) is 0 Å². The molecule has 1 heterocycles. The number of aromatic nitrogens is 1. The molecule has 0 saturated heterocycles. The molecule has 0 amide bonds. The van der Waals surface area contributed by atoms with Crippen LogP contribution in [-0.2, 0) is 9.53 Å². The number of nitrogens with zero attached hydrogens (tertiary/aromatic N) is 2. The lowest BCUT2D eigenvalue weighted by Crippen LogP contribution is -2.12. The predicted molar refractivity (Wildman–Crippen MR) is 81.9 cm³/mol. The molecule has 0 aromatic carbocycles. The fraction of sp³-hybridized carbons (Fsp3) is 0.357. The van der Waals surface area contributed by atoms with Crippen LogP contribution >= 0.6 is 23.2 Å². The Balaban J connectivity index is 2.47. The van der Waals surface area contributed by atoms with Crippen molar-refractivity contribution < 1.29 is 19.0 Å². The minimum atomic E-state index is -0.866. The molecule has 0 aliphatic heterocycles. The van der Waals surface area contributed by atoms with Gasteiger partial charge in [0.25, 0.3) is 0 Å². The van der Waals surface area contributed by atoms with Crippen LogP contribution in [-0.4, -0.2) is 34.9 Å². The summed E-state index contributed by atoms with van der Waals surface area (Å²) in [7, 11) is 0. The lowest BCUT2D eigenvalue weighted by molar-refractivity contribution is -0.137. The predicted octanol–water partition coefficient (Wildman–Crippen LogP) is 3.59. The monoisotopic (exact) mass is 346 g/mol. The Labute approximate surface area is 136 Å². The van der Waals surface area contributed by atoms with E-state index in [0.29, 0.717) is 0 Å². The number of carbonyl (C=O) groups excluding carboxylic acids is 1. The van der Waals surface area contributed by atoms with Gasteiger partial charge in [-0.05, 0) is 25.8 Å². The van der Waals surface area contributed by atoms with E-state index in [1.165, 1.54) is 6.21 Å². The van der Waals surface area contributed by atoms with Crippen LogP contribution in [0.4, 0.5) is 4.39 Å². The summed E-state index contributed by atoms with van der Waals surface area (Å²) in [6.07, 6.45) is 3.06. The van der Waals surface area contributed by atoms with Crippen LogP contribution in [0.1, 0.15) is 25.3 Å². The molecule has 1 N–H and O–H groups in total. The van der Waals surface area contributed by atoms with Crippen molar-refractivity contribution in [3.05, 3.63) is 33.3 Å². The van der Waals surface area contributed by atoms with Gasteiger partial charge >= 0.3 is 5.97 Å². The first-order valence-corrected chi connectivity index (χ1v) is 7.35. The first kappa shape index (κ1) is 16.7. The minimum Gasteiger partial charge on any atom is -0.506 e. The molecule has 1 aromatic heterocycles. The Morgan fingerprint density at radius 1 is 1.55 bits per heavy atom. The first-order valence-electron chi connectivity index (χ1n) is 6.59. The molecule has 1 fully saturated rings. The van der Waals surface area contributed by atoms with Gasteiger partial charge in [0.05, 0.1) is 18.2 Å². The third-order valence-electron chi connectivity index (χ3n) is 2.85. The molecule has 0 atom stereocenters. The Bertz CT molecular complexity index is 658. The van der Waals surface area contributed by atoms with Crippen LogP contribution in [0.5, 0.6) is 0 Å². The van der Waals surface area contributed by atoms with Crippen molar-refractivity contribution in [3.63, 3.8) is 0 Å². The number of aliphatic hydroxyl groups excluding tert-OH is 1. The zero-order valence-corrected chi connectivity index (χ0v) is 13.2. The minimum absolute atomic E-state index is 0.119. The van der Waals surface area contributed by atoms with Gasteiger partial charge in [-0.1, -0.05) is 23.2 Å². The highest BCUT2D eigenvalue weighted by Gasteiger charge is 2.23. The summed E-state index contributed by atoms with van der Waals surface area (Å²) in [6, 6.07) is 1.03. The Kier molecular flexibility index (Phi) is 5.37. The fourth-order valence-corrected chi connectivity index (χ4v) is 1.99. The molecule has 1 aliphatic carbocycles. The molecule has 0 radical (unpaired) electrons. The number of aliphatic hydroxyl groups is 1. The standard InChI is InChI=1S/C14H13Cl2FN2O3/c1-2-22-14(21)9(6-18-7-3-4-7)11(20)8-5-10(17)13(16)19-12(8)15/h5-7,20H,2-4H2,1H3/b11-9-,18-6?. The number of rotatable bonds is 5. The van der Waals surface area contributed by atoms with E-state index in [4.69, 9.17) is 27.9 Å². The summed E-state index contributed by atoms with van der Waals surface area (Å²) >= 11 is 11.4. The average molecular weight is 347 g/mol. The van der Waals surface area contributed by atoms with Crippen LogP contribution < -0.4 is 0 Å². The van der Waals surface area contributed by atoms with Gasteiger partial charge in [0, 0.05) is 6.21 Å². The van der Waals surface area contributed by atoms with Crippen molar-refractivity contribution in [3.8, 4) is 0 Å². The number of hydrogen-bond acceptors (Lipinski definition) is 5. The van der Waals surface area contributed by atoms with Gasteiger partial charge in [0.15, 0.2) is 11.0 Å². The Hall–Kier alpha value is -1.66. The van der Waals surface area contributed by atoms with E-state index in [1.807, 2.05) is 0 Å². The van der Waals surface area contributed by atoms with Crippen molar-refractivity contribution >= 4 is 41.1 Å². The number of ether oxygens (including phenoxy) is 1. The van der Waals surface area contributed by atoms with E-state index in [9.17, 15) is 14.3 Å². The zero-order chi connectivity index (χ0) is 16.3. The second-order valence-electron chi connectivity index (χ2n) is 4.59. The molecule has 1 aliphatic rings. The maximum Gasteiger partial charge on any atom is 0.343 e. The summed E-state index contributed by atoms with van der Waals surface area (Å²) in [6.45, 7) is 1.74. The van der Waals surface area contributed by atoms with Crippen LogP contribution in [0, 0.1) is 5.82 Å². The highest BCUT2D eigenvalue weighted by Crippen LogP contribution is 2.28. The van der Waals surface area contributed by atoms with Gasteiger partial charge in [-0.2, -0.15) is 0 Å². The van der Waals surface area contributed by atoms with E-state index >= 15 is 0 Å². The lowest BCUT2D eigenvalue weighted by Gasteiger charge is -2.08. The maximum atomic E-state index is 13.5. The van der Waals surface area contributed by atoms with Crippen molar-refractivity contribution in [1.82, 2.24) is 4.98 Å². The number of halogens is 3. The van der Waals surface area contributed by atoms with Gasteiger partial charge < -0.3 is 9.84 Å². The van der Waals surface area contributed by atoms with Gasteiger partial charge in [-0.3, -0.25) is 4.99 Å². The van der Waals surface area contributed by atoms with Crippen molar-refractivity contribution in [2.75, 3.05) is 6.61 Å². The number of hydrogen-bond donors (Lipinski definition) is 1. The van der Waals surface area contributed by atoms with E-state index in [-0.39, 0.29) is 28.9 Å². The number of aliphatic imine (C=N–C) groups is 1. The molecule has 8 heteroatoms. The molecule has 1 aromatic rings. The quantitative estimate of drug-likeness (QED) is 0.290. The molecule has 0 unspecified atom stereocenters. The summed E-state index contributed by atoms with van der Waals surface area (Å²) in [4.78, 5) is 19.6. The normalized spacial score (nSPS) is 15.8. The van der Waals surface area contributed by atoms with E-state index < -0.39 is 22.7 Å². The third-order valence-corrected chi connectivity index (χ3v) is 3.41. The summed E-state index contributed by atoms with van der Waals surface area (Å²) < 4.78 is 18.4. The van der Waals surface area contributed by atoms with Crippen LogP contribution in [0.15, 0.2) is 16.6 Å². The second kappa shape index (κ2) is 7.07. The van der Waals surface area contributed by atoms with Gasteiger partial charge in [-0.15, -0.1) is 0 Å². The van der Waals surface area contributed by atoms with Crippen molar-refractivity contribution in [2.24, 2.45) is 4.99 Å². The van der Waals surface area contributed by atoms with Gasteiger partial charge in [0.2, 0.25) is 0 Å². The van der Waals surface area contributed by atoms with E-state index in [0.717, 1.165) is 18.9 Å². The molecule has 118 valence electrons. The zero-order valence-electron chi connectivity index (χ0n) is 11.6. The smallest absolute Gasteiger partial charge is 0.343 e. The highest BCUT2D eigenvalue weighted by molar-refractivity contribution is 6.34. The molecular formula is C14H13Cl2FN2O3. The SMILES string of the molecule is CCOC(=O)/C(C=NC1CC1)=C(\O)c1cc(F)c(Cl)nc1Cl. The first-order chi connectivity index (χ1) is 10.4.